The third-order valence-corrected chi connectivity index (χ3v) is 5.83. The molecule has 35 heavy (non-hydrogen) atoms. The minimum absolute atomic E-state index is 0.0993. The highest BCUT2D eigenvalue weighted by atomic mass is 19.1. The zero-order valence-electron chi connectivity index (χ0n) is 19.1. The third-order valence-electron chi connectivity index (χ3n) is 5.83. The van der Waals surface area contributed by atoms with Crippen molar-refractivity contribution in [2.75, 3.05) is 0 Å². The highest BCUT2D eigenvalue weighted by Gasteiger charge is 2.52. The minimum atomic E-state index is -1.06. The van der Waals surface area contributed by atoms with E-state index in [0.29, 0.717) is 18.5 Å². The van der Waals surface area contributed by atoms with Gasteiger partial charge in [0.25, 0.3) is 11.8 Å². The first-order chi connectivity index (χ1) is 16.9. The number of hydrogen-bond donors (Lipinski definition) is 2. The topological polar surface area (TPSA) is 97.4 Å². The number of carbonyl (C=O) groups excluding carboxylic acids is 3. The Balaban J connectivity index is 1.41. The Morgan fingerprint density at radius 2 is 1.66 bits per heavy atom. The standard InChI is InChI=1S/C27H26FN3O4/c28-21-11-9-20(10-12-21)18-35-27(13-14-27)26(34)31-23(16-19-6-2-1-3-7-19)24(32)25(33)30-17-22-8-4-5-15-29-22/h1-12,15,23H,13-14,16-18H2,(H,30,33)(H,31,34)/t23-/m1/s1. The summed E-state index contributed by atoms with van der Waals surface area (Å²) in [5, 5.41) is 5.32. The van der Waals surface area contributed by atoms with Crippen molar-refractivity contribution in [2.45, 2.75) is 44.1 Å². The summed E-state index contributed by atoms with van der Waals surface area (Å²) in [6, 6.07) is 19.2. The number of Topliss-reactive ketones (excluding diaryl/α,β-unsaturated/α-hetero) is 1. The van der Waals surface area contributed by atoms with E-state index in [1.165, 1.54) is 12.1 Å². The smallest absolute Gasteiger partial charge is 0.289 e. The Kier molecular flexibility index (Phi) is 7.62. The molecule has 1 aliphatic rings. The Morgan fingerprint density at radius 3 is 2.31 bits per heavy atom. The molecule has 0 unspecified atom stereocenters. The molecule has 2 amide bonds. The van der Waals surface area contributed by atoms with Crippen LogP contribution in [-0.4, -0.2) is 34.2 Å². The summed E-state index contributed by atoms with van der Waals surface area (Å²) >= 11 is 0. The first kappa shape index (κ1) is 24.2. The molecule has 1 heterocycles. The van der Waals surface area contributed by atoms with Gasteiger partial charge in [-0.3, -0.25) is 19.4 Å². The molecule has 8 heteroatoms. The van der Waals surface area contributed by atoms with Crippen molar-refractivity contribution in [3.63, 3.8) is 0 Å². The van der Waals surface area contributed by atoms with Crippen molar-refractivity contribution >= 4 is 17.6 Å². The maximum Gasteiger partial charge on any atom is 0.289 e. The molecule has 3 aromatic rings. The van der Waals surface area contributed by atoms with E-state index >= 15 is 0 Å². The number of halogens is 1. The SMILES string of the molecule is O=C(NCc1ccccn1)C(=O)[C@@H](Cc1ccccc1)NC(=O)C1(OCc2ccc(F)cc2)CC1. The summed E-state index contributed by atoms with van der Waals surface area (Å²) in [5.41, 5.74) is 1.09. The molecule has 0 aliphatic heterocycles. The largest absolute Gasteiger partial charge is 0.360 e. The van der Waals surface area contributed by atoms with Crippen LogP contribution in [0, 0.1) is 5.82 Å². The molecule has 0 bridgehead atoms. The lowest BCUT2D eigenvalue weighted by molar-refractivity contribution is -0.143. The van der Waals surface area contributed by atoms with Crippen LogP contribution in [0.15, 0.2) is 79.0 Å². The van der Waals surface area contributed by atoms with E-state index < -0.39 is 29.2 Å². The zero-order valence-corrected chi connectivity index (χ0v) is 19.1. The molecule has 7 nitrogen and oxygen atoms in total. The van der Waals surface area contributed by atoms with Gasteiger partial charge in [-0.05, 0) is 48.2 Å². The lowest BCUT2D eigenvalue weighted by atomic mass is 10.0. The van der Waals surface area contributed by atoms with Gasteiger partial charge in [-0.15, -0.1) is 0 Å². The fraction of sp³-hybridized carbons (Fsp3) is 0.259. The van der Waals surface area contributed by atoms with E-state index in [4.69, 9.17) is 4.74 Å². The number of nitrogens with zero attached hydrogens (tertiary/aromatic N) is 1. The van der Waals surface area contributed by atoms with Crippen molar-refractivity contribution in [1.29, 1.82) is 0 Å². The lowest BCUT2D eigenvalue weighted by Gasteiger charge is -2.22. The highest BCUT2D eigenvalue weighted by Crippen LogP contribution is 2.40. The summed E-state index contributed by atoms with van der Waals surface area (Å²) in [5.74, 6) is -2.33. The number of pyridine rings is 1. The minimum Gasteiger partial charge on any atom is -0.360 e. The van der Waals surface area contributed by atoms with E-state index in [2.05, 4.69) is 15.6 Å². The van der Waals surface area contributed by atoms with E-state index in [1.54, 1.807) is 36.5 Å². The first-order valence-corrected chi connectivity index (χ1v) is 11.4. The van der Waals surface area contributed by atoms with Crippen LogP contribution < -0.4 is 10.6 Å². The average Bonchev–Trinajstić information content (AvgIpc) is 3.68. The predicted octanol–water partition coefficient (Wildman–Crippen LogP) is 2.88. The molecule has 0 saturated heterocycles. The molecule has 2 N–H and O–H groups in total. The number of aromatic nitrogens is 1. The van der Waals surface area contributed by atoms with Crippen molar-refractivity contribution in [2.24, 2.45) is 0 Å². The number of carbonyl (C=O) groups is 3. The quantitative estimate of drug-likeness (QED) is 0.416. The maximum atomic E-state index is 13.1. The van der Waals surface area contributed by atoms with Crippen LogP contribution >= 0.6 is 0 Å². The number of nitrogens with one attached hydrogen (secondary N) is 2. The summed E-state index contributed by atoms with van der Waals surface area (Å²) in [6.45, 7) is 0.234. The summed E-state index contributed by atoms with van der Waals surface area (Å²) in [4.78, 5) is 42.9. The van der Waals surface area contributed by atoms with Gasteiger partial charge in [-0.25, -0.2) is 4.39 Å². The van der Waals surface area contributed by atoms with Crippen LogP contribution in [0.1, 0.15) is 29.7 Å². The molecular weight excluding hydrogens is 449 g/mol. The Bertz CT molecular complexity index is 1170. The molecule has 1 fully saturated rings. The van der Waals surface area contributed by atoms with Crippen molar-refractivity contribution < 1.29 is 23.5 Å². The third kappa shape index (κ3) is 6.58. The molecule has 0 radical (unpaired) electrons. The molecule has 0 spiro atoms. The number of amides is 2. The monoisotopic (exact) mass is 475 g/mol. The van der Waals surface area contributed by atoms with Crippen LogP contribution in [0.5, 0.6) is 0 Å². The fourth-order valence-corrected chi connectivity index (χ4v) is 3.62. The van der Waals surface area contributed by atoms with Crippen molar-refractivity contribution in [3.8, 4) is 0 Å². The van der Waals surface area contributed by atoms with Gasteiger partial charge in [-0.1, -0.05) is 48.5 Å². The van der Waals surface area contributed by atoms with Gasteiger partial charge in [0.1, 0.15) is 17.5 Å². The lowest BCUT2D eigenvalue weighted by Crippen LogP contribution is -2.52. The molecule has 1 atom stereocenters. The number of hydrogen-bond acceptors (Lipinski definition) is 5. The molecule has 1 saturated carbocycles. The molecular formula is C27H26FN3O4. The van der Waals surface area contributed by atoms with Crippen LogP contribution in [0.2, 0.25) is 0 Å². The number of ketones is 1. The van der Waals surface area contributed by atoms with Gasteiger partial charge in [0, 0.05) is 12.6 Å². The van der Waals surface area contributed by atoms with Crippen molar-refractivity contribution in [3.05, 3.63) is 102 Å². The second kappa shape index (κ2) is 11.0. The van der Waals surface area contributed by atoms with Gasteiger partial charge < -0.3 is 15.4 Å². The second-order valence-corrected chi connectivity index (χ2v) is 8.49. The number of benzene rings is 2. The summed E-state index contributed by atoms with van der Waals surface area (Å²) in [7, 11) is 0. The Hall–Kier alpha value is -3.91. The maximum absolute atomic E-state index is 13.1. The van der Waals surface area contributed by atoms with Crippen LogP contribution in [0.4, 0.5) is 4.39 Å². The summed E-state index contributed by atoms with van der Waals surface area (Å²) in [6.07, 6.45) is 2.76. The van der Waals surface area contributed by atoms with Gasteiger partial charge in [0.05, 0.1) is 18.8 Å². The van der Waals surface area contributed by atoms with Crippen LogP contribution in [0.25, 0.3) is 0 Å². The van der Waals surface area contributed by atoms with Gasteiger partial charge >= 0.3 is 0 Å². The molecule has 180 valence electrons. The Labute approximate surface area is 202 Å². The van der Waals surface area contributed by atoms with Crippen LogP contribution in [0.3, 0.4) is 0 Å². The average molecular weight is 476 g/mol. The van der Waals surface area contributed by atoms with Gasteiger partial charge in [0.2, 0.25) is 5.78 Å². The van der Waals surface area contributed by atoms with Crippen molar-refractivity contribution in [1.82, 2.24) is 15.6 Å². The van der Waals surface area contributed by atoms with E-state index in [0.717, 1.165) is 11.1 Å². The number of rotatable bonds is 11. The number of ether oxygens (including phenoxy) is 1. The van der Waals surface area contributed by atoms with Crippen LogP contribution in [-0.2, 0) is 38.7 Å². The van der Waals surface area contributed by atoms with E-state index in [-0.39, 0.29) is 25.4 Å². The second-order valence-electron chi connectivity index (χ2n) is 8.49. The molecule has 1 aromatic heterocycles. The van der Waals surface area contributed by atoms with E-state index in [9.17, 15) is 18.8 Å². The summed E-state index contributed by atoms with van der Waals surface area (Å²) < 4.78 is 19.0. The fourth-order valence-electron chi connectivity index (χ4n) is 3.62. The zero-order chi connectivity index (χ0) is 24.7. The highest BCUT2D eigenvalue weighted by molar-refractivity contribution is 6.38. The molecule has 4 rings (SSSR count). The normalized spacial score (nSPS) is 14.5. The molecule has 2 aromatic carbocycles. The van der Waals surface area contributed by atoms with Gasteiger partial charge in [0.15, 0.2) is 0 Å². The Morgan fingerprint density at radius 1 is 0.943 bits per heavy atom. The van der Waals surface area contributed by atoms with E-state index in [1.807, 2.05) is 30.3 Å². The molecule has 1 aliphatic carbocycles. The predicted molar refractivity (Wildman–Crippen MR) is 126 cm³/mol. The van der Waals surface area contributed by atoms with Gasteiger partial charge in [-0.2, -0.15) is 0 Å². The first-order valence-electron chi connectivity index (χ1n) is 11.4.